The first-order valence-corrected chi connectivity index (χ1v) is 8.70. The molecular formula is C21H19F3N2. The summed E-state index contributed by atoms with van der Waals surface area (Å²) in [5.41, 5.74) is 2.63. The van der Waals surface area contributed by atoms with E-state index < -0.39 is 11.6 Å². The third-order valence-electron chi connectivity index (χ3n) is 4.89. The van der Waals surface area contributed by atoms with Crippen molar-refractivity contribution >= 4 is 0 Å². The van der Waals surface area contributed by atoms with Crippen LogP contribution in [0.3, 0.4) is 0 Å². The molecule has 134 valence electrons. The summed E-state index contributed by atoms with van der Waals surface area (Å²) < 4.78 is 42.9. The largest absolute Gasteiger partial charge is 0.350 e. The van der Waals surface area contributed by atoms with Crippen LogP contribution < -0.4 is 0 Å². The van der Waals surface area contributed by atoms with Gasteiger partial charge in [-0.25, -0.2) is 13.2 Å². The molecule has 0 amide bonds. The zero-order valence-electron chi connectivity index (χ0n) is 14.2. The van der Waals surface area contributed by atoms with Gasteiger partial charge in [0.2, 0.25) is 0 Å². The predicted molar refractivity (Wildman–Crippen MR) is 94.1 cm³/mol. The van der Waals surface area contributed by atoms with Gasteiger partial charge in [0, 0.05) is 31.5 Å². The highest BCUT2D eigenvalue weighted by atomic mass is 19.2. The standard InChI is InChI=1S/C21H19F3N2/c22-17-5-1-4-16(13-17)21-20-6-2-9-25(20)10-3-11-26(21)14-15-7-8-18(23)19(24)12-15/h1-2,4-9,12-13,21H,3,10-11,14H2. The Balaban J connectivity index is 1.74. The van der Waals surface area contributed by atoms with Crippen molar-refractivity contribution in [1.29, 1.82) is 0 Å². The topological polar surface area (TPSA) is 8.17 Å². The molecule has 26 heavy (non-hydrogen) atoms. The molecule has 0 spiro atoms. The molecule has 1 aliphatic heterocycles. The van der Waals surface area contributed by atoms with Gasteiger partial charge in [0.1, 0.15) is 5.82 Å². The van der Waals surface area contributed by atoms with Crippen molar-refractivity contribution in [1.82, 2.24) is 9.47 Å². The van der Waals surface area contributed by atoms with Crippen molar-refractivity contribution in [3.05, 3.63) is 95.1 Å². The summed E-state index contributed by atoms with van der Waals surface area (Å²) in [7, 11) is 0. The first-order valence-electron chi connectivity index (χ1n) is 8.70. The third kappa shape index (κ3) is 3.27. The summed E-state index contributed by atoms with van der Waals surface area (Å²) in [5.74, 6) is -1.97. The Morgan fingerprint density at radius 3 is 2.58 bits per heavy atom. The molecule has 2 nitrogen and oxygen atoms in total. The van der Waals surface area contributed by atoms with E-state index in [4.69, 9.17) is 0 Å². The number of rotatable bonds is 3. The molecule has 2 heterocycles. The SMILES string of the molecule is Fc1cccc(C2c3cccn3CCCN2Cc2ccc(F)c(F)c2)c1. The molecule has 3 aromatic rings. The quantitative estimate of drug-likeness (QED) is 0.648. The Kier molecular flexibility index (Phi) is 4.55. The van der Waals surface area contributed by atoms with Gasteiger partial charge in [-0.3, -0.25) is 4.90 Å². The normalized spacial score (nSPS) is 17.7. The minimum Gasteiger partial charge on any atom is -0.350 e. The average molecular weight is 356 g/mol. The lowest BCUT2D eigenvalue weighted by Crippen LogP contribution is -2.29. The monoisotopic (exact) mass is 356 g/mol. The fraction of sp³-hybridized carbons (Fsp3) is 0.238. The van der Waals surface area contributed by atoms with Crippen LogP contribution in [0.5, 0.6) is 0 Å². The van der Waals surface area contributed by atoms with E-state index in [2.05, 4.69) is 9.47 Å². The molecule has 1 aliphatic rings. The van der Waals surface area contributed by atoms with Crippen molar-refractivity contribution in [3.63, 3.8) is 0 Å². The zero-order chi connectivity index (χ0) is 18.1. The highest BCUT2D eigenvalue weighted by Crippen LogP contribution is 2.33. The summed E-state index contributed by atoms with van der Waals surface area (Å²) in [6, 6.07) is 14.5. The van der Waals surface area contributed by atoms with E-state index in [-0.39, 0.29) is 11.9 Å². The first-order chi connectivity index (χ1) is 12.6. The molecule has 0 radical (unpaired) electrons. The third-order valence-corrected chi connectivity index (χ3v) is 4.89. The highest BCUT2D eigenvalue weighted by molar-refractivity contribution is 5.31. The molecule has 0 saturated carbocycles. The van der Waals surface area contributed by atoms with Crippen LogP contribution in [0.1, 0.15) is 29.3 Å². The molecular weight excluding hydrogens is 337 g/mol. The minimum absolute atomic E-state index is 0.142. The van der Waals surface area contributed by atoms with Crippen LogP contribution >= 0.6 is 0 Å². The Morgan fingerprint density at radius 1 is 0.885 bits per heavy atom. The minimum atomic E-state index is -0.847. The number of aromatic nitrogens is 1. The second kappa shape index (κ2) is 7.00. The van der Waals surface area contributed by atoms with Gasteiger partial charge in [-0.2, -0.15) is 0 Å². The lowest BCUT2D eigenvalue weighted by molar-refractivity contribution is 0.219. The number of fused-ring (bicyclic) bond motifs is 1. The number of halogens is 3. The van der Waals surface area contributed by atoms with Gasteiger partial charge in [-0.1, -0.05) is 18.2 Å². The van der Waals surface area contributed by atoms with Crippen LogP contribution in [0, 0.1) is 17.5 Å². The fourth-order valence-electron chi connectivity index (χ4n) is 3.74. The number of benzene rings is 2. The maximum absolute atomic E-state index is 13.9. The van der Waals surface area contributed by atoms with E-state index >= 15 is 0 Å². The van der Waals surface area contributed by atoms with Crippen molar-refractivity contribution in [2.75, 3.05) is 6.54 Å². The predicted octanol–water partition coefficient (Wildman–Crippen LogP) is 4.90. The van der Waals surface area contributed by atoms with E-state index in [0.29, 0.717) is 12.1 Å². The van der Waals surface area contributed by atoms with Gasteiger partial charge in [-0.15, -0.1) is 0 Å². The highest BCUT2D eigenvalue weighted by Gasteiger charge is 2.27. The van der Waals surface area contributed by atoms with Crippen molar-refractivity contribution in [2.45, 2.75) is 25.6 Å². The molecule has 0 aliphatic carbocycles. The number of hydrogen-bond acceptors (Lipinski definition) is 1. The van der Waals surface area contributed by atoms with Crippen molar-refractivity contribution in [2.24, 2.45) is 0 Å². The van der Waals surface area contributed by atoms with E-state index in [1.807, 2.05) is 24.4 Å². The van der Waals surface area contributed by atoms with Crippen LogP contribution in [0.15, 0.2) is 60.8 Å². The number of aryl methyl sites for hydroxylation is 1. The second-order valence-corrected chi connectivity index (χ2v) is 6.66. The lowest BCUT2D eigenvalue weighted by Gasteiger charge is -2.30. The van der Waals surface area contributed by atoms with E-state index in [0.717, 1.165) is 36.8 Å². The molecule has 5 heteroatoms. The van der Waals surface area contributed by atoms with Crippen LogP contribution in [-0.2, 0) is 13.1 Å². The van der Waals surface area contributed by atoms with Crippen LogP contribution in [0.2, 0.25) is 0 Å². The Bertz CT molecular complexity index is 919. The summed E-state index contributed by atoms with van der Waals surface area (Å²) in [6.45, 7) is 2.12. The molecule has 0 bridgehead atoms. The fourth-order valence-corrected chi connectivity index (χ4v) is 3.74. The Labute approximate surface area is 150 Å². The molecule has 0 fully saturated rings. The Hall–Kier alpha value is -2.53. The summed E-state index contributed by atoms with van der Waals surface area (Å²) >= 11 is 0. The van der Waals surface area contributed by atoms with Gasteiger partial charge in [0.05, 0.1) is 6.04 Å². The van der Waals surface area contributed by atoms with E-state index in [1.165, 1.54) is 12.1 Å². The van der Waals surface area contributed by atoms with Crippen LogP contribution in [-0.4, -0.2) is 16.0 Å². The molecule has 0 N–H and O–H groups in total. The Morgan fingerprint density at radius 2 is 1.77 bits per heavy atom. The molecule has 1 atom stereocenters. The van der Waals surface area contributed by atoms with E-state index in [9.17, 15) is 13.2 Å². The second-order valence-electron chi connectivity index (χ2n) is 6.66. The number of hydrogen-bond donors (Lipinski definition) is 0. The first kappa shape index (κ1) is 16.9. The summed E-state index contributed by atoms with van der Waals surface area (Å²) in [6.07, 6.45) is 2.96. The summed E-state index contributed by atoms with van der Waals surface area (Å²) in [4.78, 5) is 2.19. The lowest BCUT2D eigenvalue weighted by atomic mass is 10.0. The van der Waals surface area contributed by atoms with Crippen LogP contribution in [0.25, 0.3) is 0 Å². The van der Waals surface area contributed by atoms with Gasteiger partial charge in [-0.05, 0) is 53.9 Å². The average Bonchev–Trinajstić information content (AvgIpc) is 3.00. The molecule has 4 rings (SSSR count). The molecule has 2 aromatic carbocycles. The van der Waals surface area contributed by atoms with Gasteiger partial charge in [0.25, 0.3) is 0 Å². The summed E-state index contributed by atoms with van der Waals surface area (Å²) in [5, 5.41) is 0. The van der Waals surface area contributed by atoms with Gasteiger partial charge in [0.15, 0.2) is 11.6 Å². The van der Waals surface area contributed by atoms with Crippen molar-refractivity contribution < 1.29 is 13.2 Å². The van der Waals surface area contributed by atoms with E-state index in [1.54, 1.807) is 18.2 Å². The van der Waals surface area contributed by atoms with Gasteiger partial charge < -0.3 is 4.57 Å². The number of nitrogens with zero attached hydrogens (tertiary/aromatic N) is 2. The smallest absolute Gasteiger partial charge is 0.159 e. The molecule has 1 unspecified atom stereocenters. The zero-order valence-corrected chi connectivity index (χ0v) is 14.2. The van der Waals surface area contributed by atoms with Crippen LogP contribution in [0.4, 0.5) is 13.2 Å². The molecule has 1 aromatic heterocycles. The molecule has 0 saturated heterocycles. The maximum Gasteiger partial charge on any atom is 0.159 e. The van der Waals surface area contributed by atoms with Gasteiger partial charge >= 0.3 is 0 Å². The van der Waals surface area contributed by atoms with Crippen molar-refractivity contribution in [3.8, 4) is 0 Å². The maximum atomic E-state index is 13.9.